The second-order valence-electron chi connectivity index (χ2n) is 5.64. The summed E-state index contributed by atoms with van der Waals surface area (Å²) in [7, 11) is 3.82. The Balaban J connectivity index is 1.86. The summed E-state index contributed by atoms with van der Waals surface area (Å²) in [6.07, 6.45) is 0. The van der Waals surface area contributed by atoms with Crippen LogP contribution in [0.2, 0.25) is 0 Å². The third-order valence-corrected chi connectivity index (χ3v) is 4.07. The van der Waals surface area contributed by atoms with Crippen LogP contribution in [0.4, 0.5) is 17.1 Å². The minimum atomic E-state index is -0.0184. The van der Waals surface area contributed by atoms with Crippen LogP contribution in [-0.4, -0.2) is 20.0 Å². The molecule has 3 heteroatoms. The first kappa shape index (κ1) is 15.8. The second kappa shape index (κ2) is 7.01. The Morgan fingerprint density at radius 1 is 0.667 bits per heavy atom. The van der Waals surface area contributed by atoms with Crippen LogP contribution in [0.25, 0.3) is 0 Å². The third kappa shape index (κ3) is 3.30. The summed E-state index contributed by atoms with van der Waals surface area (Å²) in [5, 5.41) is 0. The van der Waals surface area contributed by atoms with Crippen LogP contribution in [0.1, 0.15) is 10.4 Å². The molecule has 0 aromatic heterocycles. The van der Waals surface area contributed by atoms with E-state index in [1.807, 2.05) is 79.8 Å². The lowest BCUT2D eigenvalue weighted by Crippen LogP contribution is -2.26. The SMILES string of the molecule is CN(C(=O)c1ccccc1)c1cccc(N(C)c2ccccc2)c1. The molecule has 0 unspecified atom stereocenters. The summed E-state index contributed by atoms with van der Waals surface area (Å²) < 4.78 is 0. The lowest BCUT2D eigenvalue weighted by Gasteiger charge is -2.23. The predicted molar refractivity (Wildman–Crippen MR) is 100 cm³/mol. The van der Waals surface area contributed by atoms with Crippen molar-refractivity contribution in [1.29, 1.82) is 0 Å². The summed E-state index contributed by atoms with van der Waals surface area (Å²) in [6.45, 7) is 0. The van der Waals surface area contributed by atoms with E-state index in [0.717, 1.165) is 17.1 Å². The molecule has 0 saturated carbocycles. The minimum absolute atomic E-state index is 0.0184. The average molecular weight is 316 g/mol. The first-order chi connectivity index (χ1) is 11.7. The average Bonchev–Trinajstić information content (AvgIpc) is 2.67. The normalized spacial score (nSPS) is 10.2. The number of carbonyl (C=O) groups is 1. The zero-order valence-corrected chi connectivity index (χ0v) is 13.9. The molecular weight excluding hydrogens is 296 g/mol. The van der Waals surface area contributed by atoms with Crippen LogP contribution >= 0.6 is 0 Å². The first-order valence-corrected chi connectivity index (χ1v) is 7.89. The predicted octanol–water partition coefficient (Wildman–Crippen LogP) is 4.73. The molecular formula is C21H20N2O. The molecule has 0 fully saturated rings. The molecule has 0 spiro atoms. The Hall–Kier alpha value is -3.07. The monoisotopic (exact) mass is 316 g/mol. The van der Waals surface area contributed by atoms with Crippen LogP contribution in [0.15, 0.2) is 84.9 Å². The fourth-order valence-corrected chi connectivity index (χ4v) is 2.60. The second-order valence-corrected chi connectivity index (χ2v) is 5.64. The van der Waals surface area contributed by atoms with E-state index in [0.29, 0.717) is 5.56 Å². The van der Waals surface area contributed by atoms with E-state index in [1.165, 1.54) is 0 Å². The molecule has 3 aromatic carbocycles. The Morgan fingerprint density at radius 2 is 1.21 bits per heavy atom. The number of hydrogen-bond acceptors (Lipinski definition) is 2. The van der Waals surface area contributed by atoms with Gasteiger partial charge in [-0.15, -0.1) is 0 Å². The maximum absolute atomic E-state index is 12.6. The highest BCUT2D eigenvalue weighted by atomic mass is 16.2. The maximum atomic E-state index is 12.6. The summed E-state index contributed by atoms with van der Waals surface area (Å²) >= 11 is 0. The van der Waals surface area contributed by atoms with Gasteiger partial charge in [-0.2, -0.15) is 0 Å². The zero-order valence-electron chi connectivity index (χ0n) is 13.9. The van der Waals surface area contributed by atoms with E-state index in [1.54, 1.807) is 11.9 Å². The van der Waals surface area contributed by atoms with Gasteiger partial charge in [0.1, 0.15) is 0 Å². The summed E-state index contributed by atoms with van der Waals surface area (Å²) in [6, 6.07) is 27.5. The van der Waals surface area contributed by atoms with Crippen molar-refractivity contribution < 1.29 is 4.79 Å². The molecule has 120 valence electrons. The van der Waals surface area contributed by atoms with Crippen LogP contribution in [0.5, 0.6) is 0 Å². The molecule has 0 heterocycles. The molecule has 3 aromatic rings. The molecule has 0 saturated heterocycles. The van der Waals surface area contributed by atoms with Gasteiger partial charge in [0.15, 0.2) is 0 Å². The van der Waals surface area contributed by atoms with Gasteiger partial charge in [0, 0.05) is 36.7 Å². The van der Waals surface area contributed by atoms with E-state index < -0.39 is 0 Å². The zero-order chi connectivity index (χ0) is 16.9. The van der Waals surface area contributed by atoms with Crippen LogP contribution in [-0.2, 0) is 0 Å². The van der Waals surface area contributed by atoms with Crippen molar-refractivity contribution >= 4 is 23.0 Å². The van der Waals surface area contributed by atoms with Crippen molar-refractivity contribution in [2.24, 2.45) is 0 Å². The van der Waals surface area contributed by atoms with Crippen molar-refractivity contribution in [2.75, 3.05) is 23.9 Å². The largest absolute Gasteiger partial charge is 0.345 e. The van der Waals surface area contributed by atoms with Gasteiger partial charge in [0.2, 0.25) is 0 Å². The number of benzene rings is 3. The number of nitrogens with zero attached hydrogens (tertiary/aromatic N) is 2. The lowest BCUT2D eigenvalue weighted by atomic mass is 10.1. The van der Waals surface area contributed by atoms with Gasteiger partial charge in [-0.25, -0.2) is 0 Å². The quantitative estimate of drug-likeness (QED) is 0.694. The topological polar surface area (TPSA) is 23.6 Å². The van der Waals surface area contributed by atoms with Crippen molar-refractivity contribution in [2.45, 2.75) is 0 Å². The number of para-hydroxylation sites is 1. The smallest absolute Gasteiger partial charge is 0.258 e. The van der Waals surface area contributed by atoms with Crippen LogP contribution < -0.4 is 9.80 Å². The third-order valence-electron chi connectivity index (χ3n) is 4.07. The molecule has 3 nitrogen and oxygen atoms in total. The van der Waals surface area contributed by atoms with Gasteiger partial charge in [-0.3, -0.25) is 4.79 Å². The van der Waals surface area contributed by atoms with E-state index >= 15 is 0 Å². The summed E-state index contributed by atoms with van der Waals surface area (Å²) in [4.78, 5) is 16.4. The van der Waals surface area contributed by atoms with Crippen molar-refractivity contribution in [3.05, 3.63) is 90.5 Å². The highest BCUT2D eigenvalue weighted by Crippen LogP contribution is 2.27. The highest BCUT2D eigenvalue weighted by Gasteiger charge is 2.14. The van der Waals surface area contributed by atoms with Gasteiger partial charge in [-0.1, -0.05) is 42.5 Å². The number of amides is 1. The minimum Gasteiger partial charge on any atom is -0.345 e. The molecule has 3 rings (SSSR count). The molecule has 0 aliphatic heterocycles. The Labute approximate surface area is 142 Å². The standard InChI is InChI=1S/C21H20N2O/c1-22(18-12-7-4-8-13-18)19-14-9-15-20(16-19)23(2)21(24)17-10-5-3-6-11-17/h3-16H,1-2H3. The molecule has 24 heavy (non-hydrogen) atoms. The maximum Gasteiger partial charge on any atom is 0.258 e. The summed E-state index contributed by atoms with van der Waals surface area (Å²) in [5.41, 5.74) is 3.68. The number of hydrogen-bond donors (Lipinski definition) is 0. The molecule has 0 atom stereocenters. The fourth-order valence-electron chi connectivity index (χ4n) is 2.60. The van der Waals surface area contributed by atoms with Crippen LogP contribution in [0, 0.1) is 0 Å². The Morgan fingerprint density at radius 3 is 1.88 bits per heavy atom. The van der Waals surface area contributed by atoms with Crippen LogP contribution in [0.3, 0.4) is 0 Å². The molecule has 0 N–H and O–H groups in total. The van der Waals surface area contributed by atoms with E-state index in [9.17, 15) is 4.79 Å². The van der Waals surface area contributed by atoms with Crippen molar-refractivity contribution in [3.63, 3.8) is 0 Å². The van der Waals surface area contributed by atoms with Gasteiger partial charge >= 0.3 is 0 Å². The highest BCUT2D eigenvalue weighted by molar-refractivity contribution is 6.05. The van der Waals surface area contributed by atoms with Crippen molar-refractivity contribution in [3.8, 4) is 0 Å². The van der Waals surface area contributed by atoms with Gasteiger partial charge in [0.05, 0.1) is 0 Å². The first-order valence-electron chi connectivity index (χ1n) is 7.89. The Kier molecular flexibility index (Phi) is 4.62. The summed E-state index contributed by atoms with van der Waals surface area (Å²) in [5.74, 6) is -0.0184. The molecule has 0 aliphatic carbocycles. The molecule has 0 radical (unpaired) electrons. The fraction of sp³-hybridized carbons (Fsp3) is 0.0952. The van der Waals surface area contributed by atoms with Gasteiger partial charge < -0.3 is 9.80 Å². The number of carbonyl (C=O) groups excluding carboxylic acids is 1. The lowest BCUT2D eigenvalue weighted by molar-refractivity contribution is 0.0993. The van der Waals surface area contributed by atoms with E-state index in [2.05, 4.69) is 17.0 Å². The van der Waals surface area contributed by atoms with Gasteiger partial charge in [-0.05, 0) is 42.5 Å². The molecule has 0 bridgehead atoms. The molecule has 0 aliphatic rings. The number of rotatable bonds is 4. The number of anilines is 3. The molecule has 1 amide bonds. The van der Waals surface area contributed by atoms with E-state index in [-0.39, 0.29) is 5.91 Å². The van der Waals surface area contributed by atoms with Gasteiger partial charge in [0.25, 0.3) is 5.91 Å². The Bertz CT molecular complexity index is 816. The van der Waals surface area contributed by atoms with Crippen molar-refractivity contribution in [1.82, 2.24) is 0 Å². The van der Waals surface area contributed by atoms with E-state index in [4.69, 9.17) is 0 Å².